The van der Waals surface area contributed by atoms with Crippen LogP contribution in [0.3, 0.4) is 0 Å². The fourth-order valence-corrected chi connectivity index (χ4v) is 0.716. The monoisotopic (exact) mass is 156 g/mol. The number of allylic oxidation sites excluding steroid dienone is 3. The first-order valence-corrected chi connectivity index (χ1v) is 3.84. The average molecular weight is 156 g/mol. The largest absolute Gasteiger partial charge is 0.212 e. The van der Waals surface area contributed by atoms with Gasteiger partial charge in [0.2, 0.25) is 0 Å². The van der Waals surface area contributed by atoms with Gasteiger partial charge in [-0.3, -0.25) is 0 Å². The molecule has 0 nitrogen and oxygen atoms in total. The molecule has 0 unspecified atom stereocenters. The smallest absolute Gasteiger partial charge is 0.103 e. The van der Waals surface area contributed by atoms with Crippen LogP contribution < -0.4 is 0 Å². The van der Waals surface area contributed by atoms with E-state index < -0.39 is 0 Å². The molecule has 0 atom stereocenters. The molecule has 0 aromatic carbocycles. The Labute approximate surface area is 68.8 Å². The predicted molar refractivity (Wildman–Crippen MR) is 48.1 cm³/mol. The lowest BCUT2D eigenvalue weighted by Crippen LogP contribution is -2.05. The van der Waals surface area contributed by atoms with Gasteiger partial charge in [-0.15, -0.1) is 0 Å². The van der Waals surface area contributed by atoms with E-state index in [1.807, 2.05) is 20.8 Å². The molecular formula is C10H17F. The highest BCUT2D eigenvalue weighted by Crippen LogP contribution is 2.26. The van der Waals surface area contributed by atoms with E-state index in [2.05, 4.69) is 6.58 Å². The molecule has 0 aromatic heterocycles. The molecule has 11 heavy (non-hydrogen) atoms. The minimum absolute atomic E-state index is 0.0222. The average Bonchev–Trinajstić information content (AvgIpc) is 1.82. The van der Waals surface area contributed by atoms with Crippen molar-refractivity contribution in [3.8, 4) is 0 Å². The van der Waals surface area contributed by atoms with Crippen molar-refractivity contribution in [2.24, 2.45) is 5.41 Å². The highest BCUT2D eigenvalue weighted by molar-refractivity contribution is 5.17. The zero-order chi connectivity index (χ0) is 9.07. The minimum Gasteiger partial charge on any atom is -0.212 e. The number of halogens is 1. The number of hydrogen-bond acceptors (Lipinski definition) is 0. The van der Waals surface area contributed by atoms with E-state index in [9.17, 15) is 4.39 Å². The Morgan fingerprint density at radius 1 is 1.45 bits per heavy atom. The van der Waals surface area contributed by atoms with Crippen molar-refractivity contribution in [2.75, 3.05) is 0 Å². The van der Waals surface area contributed by atoms with E-state index in [1.54, 1.807) is 13.0 Å². The van der Waals surface area contributed by atoms with Crippen LogP contribution in [0.5, 0.6) is 0 Å². The summed E-state index contributed by atoms with van der Waals surface area (Å²) >= 11 is 0. The first kappa shape index (κ1) is 10.4. The molecule has 0 heterocycles. The molecule has 0 aliphatic rings. The lowest BCUT2D eigenvalue weighted by molar-refractivity contribution is 0.367. The van der Waals surface area contributed by atoms with Gasteiger partial charge in [0.25, 0.3) is 0 Å². The predicted octanol–water partition coefficient (Wildman–Crippen LogP) is 3.85. The van der Waals surface area contributed by atoms with Crippen LogP contribution in [0, 0.1) is 5.41 Å². The minimum atomic E-state index is -0.0486. The molecule has 64 valence electrons. The van der Waals surface area contributed by atoms with Crippen LogP contribution >= 0.6 is 0 Å². The molecule has 0 aliphatic carbocycles. The Morgan fingerprint density at radius 3 is 2.18 bits per heavy atom. The molecule has 0 fully saturated rings. The third-order valence-electron chi connectivity index (χ3n) is 1.42. The van der Waals surface area contributed by atoms with Gasteiger partial charge >= 0.3 is 0 Å². The molecule has 1 heteroatoms. The van der Waals surface area contributed by atoms with E-state index in [0.717, 1.165) is 0 Å². The summed E-state index contributed by atoms with van der Waals surface area (Å²) in [7, 11) is 0. The second kappa shape index (κ2) is 3.70. The standard InChI is InChI=1S/C10H17F/c1-6-8(2)9(11)7-10(3,4)5/h6H,1,7H2,2-5H3/b9-8+. The zero-order valence-electron chi connectivity index (χ0n) is 7.87. The van der Waals surface area contributed by atoms with Crippen molar-refractivity contribution in [1.82, 2.24) is 0 Å². The van der Waals surface area contributed by atoms with E-state index in [4.69, 9.17) is 0 Å². The van der Waals surface area contributed by atoms with Crippen LogP contribution in [0.15, 0.2) is 24.1 Å². The van der Waals surface area contributed by atoms with E-state index in [1.165, 1.54) is 0 Å². The van der Waals surface area contributed by atoms with Crippen molar-refractivity contribution in [1.29, 1.82) is 0 Å². The van der Waals surface area contributed by atoms with Crippen LogP contribution in [0.2, 0.25) is 0 Å². The summed E-state index contributed by atoms with van der Waals surface area (Å²) in [4.78, 5) is 0. The fourth-order valence-electron chi connectivity index (χ4n) is 0.716. The summed E-state index contributed by atoms with van der Waals surface area (Å²) < 4.78 is 13.1. The van der Waals surface area contributed by atoms with Crippen LogP contribution in [0.1, 0.15) is 34.1 Å². The Balaban J connectivity index is 4.28. The SMILES string of the molecule is C=C/C(C)=C(/F)CC(C)(C)C. The molecule has 0 saturated heterocycles. The lowest BCUT2D eigenvalue weighted by atomic mass is 9.90. The Morgan fingerprint density at radius 2 is 1.91 bits per heavy atom. The maximum Gasteiger partial charge on any atom is 0.103 e. The Hall–Kier alpha value is -0.590. The summed E-state index contributed by atoms with van der Waals surface area (Å²) in [5.74, 6) is -0.0486. The molecule has 0 bridgehead atoms. The summed E-state index contributed by atoms with van der Waals surface area (Å²) in [6, 6.07) is 0. The van der Waals surface area contributed by atoms with Gasteiger partial charge in [0, 0.05) is 6.42 Å². The van der Waals surface area contributed by atoms with Gasteiger partial charge in [-0.2, -0.15) is 0 Å². The van der Waals surface area contributed by atoms with Crippen molar-refractivity contribution in [3.63, 3.8) is 0 Å². The summed E-state index contributed by atoms with van der Waals surface area (Å²) in [6.07, 6.45) is 2.05. The van der Waals surface area contributed by atoms with Gasteiger partial charge in [0.1, 0.15) is 5.83 Å². The molecule has 0 rings (SSSR count). The van der Waals surface area contributed by atoms with Gasteiger partial charge in [-0.1, -0.05) is 33.4 Å². The first-order chi connectivity index (χ1) is 4.87. The van der Waals surface area contributed by atoms with E-state index in [-0.39, 0.29) is 11.2 Å². The molecule has 0 spiro atoms. The Kier molecular flexibility index (Phi) is 3.50. The van der Waals surface area contributed by atoms with E-state index >= 15 is 0 Å². The van der Waals surface area contributed by atoms with Crippen molar-refractivity contribution in [3.05, 3.63) is 24.1 Å². The van der Waals surface area contributed by atoms with Crippen LogP contribution in [-0.2, 0) is 0 Å². The molecule has 0 N–H and O–H groups in total. The second-order valence-corrected chi connectivity index (χ2v) is 4.03. The highest BCUT2D eigenvalue weighted by atomic mass is 19.1. The first-order valence-electron chi connectivity index (χ1n) is 3.84. The third-order valence-corrected chi connectivity index (χ3v) is 1.42. The van der Waals surface area contributed by atoms with Crippen molar-refractivity contribution < 1.29 is 4.39 Å². The molecular weight excluding hydrogens is 139 g/mol. The van der Waals surface area contributed by atoms with Crippen LogP contribution in [0.4, 0.5) is 4.39 Å². The molecule has 0 amide bonds. The van der Waals surface area contributed by atoms with E-state index in [0.29, 0.717) is 12.0 Å². The van der Waals surface area contributed by atoms with Crippen LogP contribution in [0.25, 0.3) is 0 Å². The van der Waals surface area contributed by atoms with Gasteiger partial charge in [0.15, 0.2) is 0 Å². The molecule has 0 aliphatic heterocycles. The van der Waals surface area contributed by atoms with Gasteiger partial charge in [0.05, 0.1) is 0 Å². The quantitative estimate of drug-likeness (QED) is 0.533. The Bertz CT molecular complexity index is 170. The maximum atomic E-state index is 13.1. The molecule has 0 aromatic rings. The highest BCUT2D eigenvalue weighted by Gasteiger charge is 2.13. The second-order valence-electron chi connectivity index (χ2n) is 4.03. The van der Waals surface area contributed by atoms with Crippen LogP contribution in [-0.4, -0.2) is 0 Å². The van der Waals surface area contributed by atoms with Gasteiger partial charge < -0.3 is 0 Å². The normalized spacial score (nSPS) is 14.3. The zero-order valence-corrected chi connectivity index (χ0v) is 7.87. The topological polar surface area (TPSA) is 0 Å². The molecule has 0 saturated carbocycles. The lowest BCUT2D eigenvalue weighted by Gasteiger charge is -2.16. The van der Waals surface area contributed by atoms with Gasteiger partial charge in [-0.05, 0) is 17.9 Å². The summed E-state index contributed by atoms with van der Waals surface area (Å²) in [6.45, 7) is 11.3. The summed E-state index contributed by atoms with van der Waals surface area (Å²) in [5.41, 5.74) is 0.675. The molecule has 0 radical (unpaired) electrons. The fraction of sp³-hybridized carbons (Fsp3) is 0.600. The summed E-state index contributed by atoms with van der Waals surface area (Å²) in [5, 5.41) is 0. The maximum absolute atomic E-state index is 13.1. The van der Waals surface area contributed by atoms with Crippen molar-refractivity contribution >= 4 is 0 Å². The third kappa shape index (κ3) is 4.77. The number of rotatable bonds is 2. The van der Waals surface area contributed by atoms with Crippen molar-refractivity contribution in [2.45, 2.75) is 34.1 Å². The van der Waals surface area contributed by atoms with Gasteiger partial charge in [-0.25, -0.2) is 4.39 Å². The number of hydrogen-bond donors (Lipinski definition) is 0.